The molecule has 0 aliphatic rings. The van der Waals surface area contributed by atoms with Crippen LogP contribution in [-0.4, -0.2) is 30.1 Å². The summed E-state index contributed by atoms with van der Waals surface area (Å²) in [5, 5.41) is 11.2. The molecule has 0 heterocycles. The highest BCUT2D eigenvalue weighted by molar-refractivity contribution is 5.92. The summed E-state index contributed by atoms with van der Waals surface area (Å²) < 4.78 is 4.43. The number of carbonyl (C=O) groups excluding carboxylic acids is 2. The Morgan fingerprint density at radius 3 is 2.32 bits per heavy atom. The average molecular weight is 265 g/mol. The smallest absolute Gasteiger partial charge is 0.307 e. The van der Waals surface area contributed by atoms with Crippen LogP contribution in [0.3, 0.4) is 0 Å². The third-order valence-corrected chi connectivity index (χ3v) is 2.38. The van der Waals surface area contributed by atoms with Crippen LogP contribution in [0.15, 0.2) is 24.3 Å². The Bertz CT molecular complexity index is 466. The minimum Gasteiger partial charge on any atom is -0.481 e. The van der Waals surface area contributed by atoms with E-state index in [-0.39, 0.29) is 25.2 Å². The van der Waals surface area contributed by atoms with Crippen molar-refractivity contribution >= 4 is 23.5 Å². The summed E-state index contributed by atoms with van der Waals surface area (Å²) in [6.45, 7) is 0. The Hall–Kier alpha value is -2.37. The number of aliphatic carboxylic acids is 1. The molecule has 1 amide bonds. The summed E-state index contributed by atoms with van der Waals surface area (Å²) in [6, 6.07) is 6.50. The Labute approximate surface area is 110 Å². The average Bonchev–Trinajstić information content (AvgIpc) is 2.37. The van der Waals surface area contributed by atoms with Crippen LogP contribution >= 0.6 is 0 Å². The molecule has 0 saturated heterocycles. The lowest BCUT2D eigenvalue weighted by atomic mass is 10.1. The van der Waals surface area contributed by atoms with E-state index in [4.69, 9.17) is 5.11 Å². The van der Waals surface area contributed by atoms with Crippen LogP contribution in [0.2, 0.25) is 0 Å². The van der Waals surface area contributed by atoms with Gasteiger partial charge in [0, 0.05) is 12.1 Å². The van der Waals surface area contributed by atoms with Crippen molar-refractivity contribution in [3.05, 3.63) is 29.8 Å². The van der Waals surface area contributed by atoms with E-state index in [0.717, 1.165) is 0 Å². The van der Waals surface area contributed by atoms with Crippen molar-refractivity contribution < 1.29 is 24.2 Å². The van der Waals surface area contributed by atoms with Gasteiger partial charge in [-0.1, -0.05) is 12.1 Å². The number of hydrogen-bond acceptors (Lipinski definition) is 4. The molecule has 0 fully saturated rings. The maximum Gasteiger partial charge on any atom is 0.307 e. The van der Waals surface area contributed by atoms with Crippen LogP contribution in [-0.2, 0) is 25.5 Å². The fourth-order valence-corrected chi connectivity index (χ4v) is 1.42. The number of ether oxygens (including phenoxy) is 1. The molecule has 6 nitrogen and oxygen atoms in total. The summed E-state index contributed by atoms with van der Waals surface area (Å²) in [7, 11) is 1.27. The maximum atomic E-state index is 11.5. The lowest BCUT2D eigenvalue weighted by Gasteiger charge is -2.05. The quantitative estimate of drug-likeness (QED) is 0.754. The summed E-state index contributed by atoms with van der Waals surface area (Å²) in [5.74, 6) is -1.64. The molecule has 0 aliphatic carbocycles. The van der Waals surface area contributed by atoms with Gasteiger partial charge in [-0.3, -0.25) is 14.4 Å². The Morgan fingerprint density at radius 1 is 1.16 bits per heavy atom. The minimum atomic E-state index is -0.908. The Balaban J connectivity index is 2.46. The van der Waals surface area contributed by atoms with Gasteiger partial charge in [-0.25, -0.2) is 0 Å². The number of benzene rings is 1. The van der Waals surface area contributed by atoms with Crippen LogP contribution in [0.25, 0.3) is 0 Å². The van der Waals surface area contributed by atoms with Gasteiger partial charge in [0.05, 0.1) is 20.0 Å². The highest BCUT2D eigenvalue weighted by Gasteiger charge is 2.07. The molecule has 0 saturated carbocycles. The van der Waals surface area contributed by atoms with E-state index in [2.05, 4.69) is 10.1 Å². The summed E-state index contributed by atoms with van der Waals surface area (Å²) >= 11 is 0. The fraction of sp³-hybridized carbons (Fsp3) is 0.308. The van der Waals surface area contributed by atoms with E-state index in [9.17, 15) is 14.4 Å². The highest BCUT2D eigenvalue weighted by atomic mass is 16.5. The highest BCUT2D eigenvalue weighted by Crippen LogP contribution is 2.10. The van der Waals surface area contributed by atoms with Gasteiger partial charge in [0.2, 0.25) is 5.91 Å². The second kappa shape index (κ2) is 7.15. The van der Waals surface area contributed by atoms with Crippen molar-refractivity contribution in [1.29, 1.82) is 0 Å². The topological polar surface area (TPSA) is 92.7 Å². The second-order valence-corrected chi connectivity index (χ2v) is 3.89. The molecule has 1 aromatic carbocycles. The molecule has 0 aromatic heterocycles. The van der Waals surface area contributed by atoms with E-state index in [1.165, 1.54) is 7.11 Å². The largest absolute Gasteiger partial charge is 0.481 e. The Kier molecular flexibility index (Phi) is 5.53. The molecular weight excluding hydrogens is 250 g/mol. The number of esters is 1. The van der Waals surface area contributed by atoms with Gasteiger partial charge in [0.1, 0.15) is 0 Å². The van der Waals surface area contributed by atoms with Crippen molar-refractivity contribution in [3.8, 4) is 0 Å². The van der Waals surface area contributed by atoms with Crippen LogP contribution < -0.4 is 5.32 Å². The maximum absolute atomic E-state index is 11.5. The number of hydrogen-bond donors (Lipinski definition) is 2. The Morgan fingerprint density at radius 2 is 1.79 bits per heavy atom. The molecule has 1 aromatic rings. The van der Waals surface area contributed by atoms with Crippen molar-refractivity contribution in [2.75, 3.05) is 12.4 Å². The number of rotatable bonds is 6. The number of carbonyl (C=O) groups is 3. The van der Waals surface area contributed by atoms with Gasteiger partial charge in [0.15, 0.2) is 0 Å². The number of nitrogens with one attached hydrogen (secondary N) is 1. The SMILES string of the molecule is COC(=O)CCC(=O)Nc1ccc(CC(=O)O)cc1. The normalized spacial score (nSPS) is 9.74. The summed E-state index contributed by atoms with van der Waals surface area (Å²) in [6.07, 6.45) is 0.0134. The molecule has 0 bridgehead atoms. The molecular formula is C13H15NO5. The molecule has 6 heteroatoms. The first-order chi connectivity index (χ1) is 9.01. The predicted octanol–water partition coefficient (Wildman–Crippen LogP) is 1.21. The van der Waals surface area contributed by atoms with Gasteiger partial charge in [-0.15, -0.1) is 0 Å². The predicted molar refractivity (Wildman–Crippen MR) is 67.7 cm³/mol. The molecule has 0 unspecified atom stereocenters. The molecule has 2 N–H and O–H groups in total. The van der Waals surface area contributed by atoms with E-state index >= 15 is 0 Å². The lowest BCUT2D eigenvalue weighted by molar-refractivity contribution is -0.141. The molecule has 19 heavy (non-hydrogen) atoms. The van der Waals surface area contributed by atoms with E-state index in [0.29, 0.717) is 11.3 Å². The fourth-order valence-electron chi connectivity index (χ4n) is 1.42. The van der Waals surface area contributed by atoms with Crippen LogP contribution in [0.1, 0.15) is 18.4 Å². The molecule has 0 atom stereocenters. The monoisotopic (exact) mass is 265 g/mol. The third kappa shape index (κ3) is 5.67. The molecule has 102 valence electrons. The van der Waals surface area contributed by atoms with Crippen LogP contribution in [0.4, 0.5) is 5.69 Å². The van der Waals surface area contributed by atoms with Crippen LogP contribution in [0, 0.1) is 0 Å². The number of methoxy groups -OCH3 is 1. The minimum absolute atomic E-state index is 0.0272. The van der Waals surface area contributed by atoms with Gasteiger partial charge in [-0.05, 0) is 17.7 Å². The second-order valence-electron chi connectivity index (χ2n) is 3.89. The lowest BCUT2D eigenvalue weighted by Crippen LogP contribution is -2.14. The first-order valence-corrected chi connectivity index (χ1v) is 5.68. The zero-order chi connectivity index (χ0) is 14.3. The molecule has 1 rings (SSSR count). The number of anilines is 1. The summed E-state index contributed by atoms with van der Waals surface area (Å²) in [4.78, 5) is 32.8. The zero-order valence-electron chi connectivity index (χ0n) is 10.5. The van der Waals surface area contributed by atoms with Crippen molar-refractivity contribution in [2.24, 2.45) is 0 Å². The van der Waals surface area contributed by atoms with Crippen molar-refractivity contribution in [3.63, 3.8) is 0 Å². The number of amides is 1. The zero-order valence-corrected chi connectivity index (χ0v) is 10.5. The van der Waals surface area contributed by atoms with Gasteiger partial charge in [-0.2, -0.15) is 0 Å². The number of carboxylic acid groups (broad SMARTS) is 1. The first kappa shape index (κ1) is 14.7. The molecule has 0 aliphatic heterocycles. The van der Waals surface area contributed by atoms with E-state index < -0.39 is 11.9 Å². The van der Waals surface area contributed by atoms with Crippen LogP contribution in [0.5, 0.6) is 0 Å². The molecule has 0 spiro atoms. The standard InChI is InChI=1S/C13H15NO5/c1-19-13(18)7-6-11(15)14-10-4-2-9(3-5-10)8-12(16)17/h2-5H,6-8H2,1H3,(H,14,15)(H,16,17). The van der Waals surface area contributed by atoms with Gasteiger partial charge >= 0.3 is 11.9 Å². The number of carboxylic acids is 1. The third-order valence-electron chi connectivity index (χ3n) is 2.38. The van der Waals surface area contributed by atoms with E-state index in [1.807, 2.05) is 0 Å². The first-order valence-electron chi connectivity index (χ1n) is 5.68. The van der Waals surface area contributed by atoms with Crippen molar-refractivity contribution in [1.82, 2.24) is 0 Å². The van der Waals surface area contributed by atoms with Crippen molar-refractivity contribution in [2.45, 2.75) is 19.3 Å². The van der Waals surface area contributed by atoms with Gasteiger partial charge in [0.25, 0.3) is 0 Å². The van der Waals surface area contributed by atoms with E-state index in [1.54, 1.807) is 24.3 Å². The summed E-state index contributed by atoms with van der Waals surface area (Å²) in [5.41, 5.74) is 1.21. The van der Waals surface area contributed by atoms with Gasteiger partial charge < -0.3 is 15.2 Å². The molecule has 0 radical (unpaired) electrons.